The second-order valence-electron chi connectivity index (χ2n) is 5.58. The third-order valence-electron chi connectivity index (χ3n) is 4.26. The Morgan fingerprint density at radius 2 is 1.96 bits per heavy atom. The van der Waals surface area contributed by atoms with E-state index in [4.69, 9.17) is 9.47 Å². The Labute approximate surface area is 134 Å². The van der Waals surface area contributed by atoms with E-state index in [-0.39, 0.29) is 12.5 Å². The van der Waals surface area contributed by atoms with Crippen molar-refractivity contribution in [3.63, 3.8) is 0 Å². The first-order valence-electron chi connectivity index (χ1n) is 7.41. The van der Waals surface area contributed by atoms with Crippen LogP contribution in [0.5, 0.6) is 11.5 Å². The van der Waals surface area contributed by atoms with E-state index in [1.54, 1.807) is 43.5 Å². The number of carbonyl (C=O) groups excluding carboxylic acids is 1. The number of methoxy groups -OCH3 is 2. The third kappa shape index (κ3) is 2.55. The van der Waals surface area contributed by atoms with Crippen molar-refractivity contribution < 1.29 is 19.4 Å². The first kappa shape index (κ1) is 15.4. The molecule has 1 aromatic heterocycles. The van der Waals surface area contributed by atoms with Crippen molar-refractivity contribution >= 4 is 5.91 Å². The Kier molecular flexibility index (Phi) is 4.00. The molecule has 0 saturated carbocycles. The number of amides is 1. The predicted molar refractivity (Wildman–Crippen MR) is 84.8 cm³/mol. The Morgan fingerprint density at radius 3 is 2.57 bits per heavy atom. The highest BCUT2D eigenvalue weighted by Crippen LogP contribution is 2.39. The molecule has 122 valence electrons. The molecule has 1 aliphatic rings. The van der Waals surface area contributed by atoms with E-state index in [0.717, 1.165) is 11.3 Å². The number of rotatable bonds is 3. The number of H-pyrrole nitrogens is 1. The SMILES string of the molecule is COc1ccc(OC)c2c1CN(C(=O)c1cc[nH]c1C)C[C@@H]2O. The molecule has 1 amide bonds. The van der Waals surface area contributed by atoms with Gasteiger partial charge in [0.25, 0.3) is 5.91 Å². The molecule has 6 heteroatoms. The summed E-state index contributed by atoms with van der Waals surface area (Å²) in [6.45, 7) is 2.45. The summed E-state index contributed by atoms with van der Waals surface area (Å²) >= 11 is 0. The molecule has 0 bridgehead atoms. The van der Waals surface area contributed by atoms with Crippen molar-refractivity contribution in [2.45, 2.75) is 19.6 Å². The van der Waals surface area contributed by atoms with Crippen LogP contribution in [0.15, 0.2) is 24.4 Å². The van der Waals surface area contributed by atoms with Crippen molar-refractivity contribution in [2.24, 2.45) is 0 Å². The maximum absolute atomic E-state index is 12.7. The van der Waals surface area contributed by atoms with Crippen molar-refractivity contribution in [3.8, 4) is 11.5 Å². The average Bonchev–Trinajstić information content (AvgIpc) is 2.98. The molecule has 0 radical (unpaired) electrons. The van der Waals surface area contributed by atoms with Gasteiger partial charge in [0, 0.05) is 23.0 Å². The summed E-state index contributed by atoms with van der Waals surface area (Å²) < 4.78 is 10.7. The minimum absolute atomic E-state index is 0.113. The van der Waals surface area contributed by atoms with Gasteiger partial charge in [0.05, 0.1) is 32.9 Å². The number of aliphatic hydroxyl groups is 1. The largest absolute Gasteiger partial charge is 0.496 e. The zero-order valence-corrected chi connectivity index (χ0v) is 13.4. The number of aromatic amines is 1. The zero-order valence-electron chi connectivity index (χ0n) is 13.4. The van der Waals surface area contributed by atoms with Crippen molar-refractivity contribution in [3.05, 3.63) is 46.8 Å². The first-order valence-corrected chi connectivity index (χ1v) is 7.41. The molecule has 1 atom stereocenters. The fourth-order valence-electron chi connectivity index (χ4n) is 3.09. The average molecular weight is 316 g/mol. The topological polar surface area (TPSA) is 74.8 Å². The van der Waals surface area contributed by atoms with Gasteiger partial charge in [-0.25, -0.2) is 0 Å². The highest BCUT2D eigenvalue weighted by Gasteiger charge is 2.32. The number of ether oxygens (including phenoxy) is 2. The van der Waals surface area contributed by atoms with E-state index in [2.05, 4.69) is 4.98 Å². The van der Waals surface area contributed by atoms with E-state index < -0.39 is 6.10 Å². The summed E-state index contributed by atoms with van der Waals surface area (Å²) in [6.07, 6.45) is 0.924. The number of benzene rings is 1. The fraction of sp³-hybridized carbons (Fsp3) is 0.353. The van der Waals surface area contributed by atoms with Gasteiger partial charge in [-0.2, -0.15) is 0 Å². The lowest BCUT2D eigenvalue weighted by molar-refractivity contribution is 0.0538. The lowest BCUT2D eigenvalue weighted by atomic mass is 9.94. The summed E-state index contributed by atoms with van der Waals surface area (Å²) in [5.74, 6) is 1.14. The van der Waals surface area contributed by atoms with E-state index in [9.17, 15) is 9.90 Å². The molecule has 6 nitrogen and oxygen atoms in total. The number of β-amino-alcohol motifs (C(OH)–C–C–N with tert-alkyl or cyclic N) is 1. The van der Waals surface area contributed by atoms with Crippen LogP contribution < -0.4 is 9.47 Å². The fourth-order valence-corrected chi connectivity index (χ4v) is 3.09. The summed E-state index contributed by atoms with van der Waals surface area (Å²) in [6, 6.07) is 5.32. The number of hydrogen-bond acceptors (Lipinski definition) is 4. The number of aromatic nitrogens is 1. The minimum Gasteiger partial charge on any atom is -0.496 e. The molecule has 3 rings (SSSR count). The Morgan fingerprint density at radius 1 is 1.26 bits per heavy atom. The highest BCUT2D eigenvalue weighted by molar-refractivity contribution is 5.95. The van der Waals surface area contributed by atoms with E-state index >= 15 is 0 Å². The number of fused-ring (bicyclic) bond motifs is 1. The van der Waals surface area contributed by atoms with Gasteiger partial charge in [-0.05, 0) is 25.1 Å². The van der Waals surface area contributed by atoms with Crippen molar-refractivity contribution in [2.75, 3.05) is 20.8 Å². The summed E-state index contributed by atoms with van der Waals surface area (Å²) in [5, 5.41) is 10.5. The van der Waals surface area contributed by atoms with Gasteiger partial charge in [0.2, 0.25) is 0 Å². The molecule has 23 heavy (non-hydrogen) atoms. The maximum Gasteiger partial charge on any atom is 0.256 e. The normalized spacial score (nSPS) is 16.9. The summed E-state index contributed by atoms with van der Waals surface area (Å²) in [5.41, 5.74) is 2.91. The van der Waals surface area contributed by atoms with Crippen LogP contribution in [0, 0.1) is 6.92 Å². The second-order valence-corrected chi connectivity index (χ2v) is 5.58. The quantitative estimate of drug-likeness (QED) is 0.908. The van der Waals surface area contributed by atoms with Crippen LogP contribution in [-0.2, 0) is 6.54 Å². The lowest BCUT2D eigenvalue weighted by Crippen LogP contribution is -2.38. The molecule has 2 N–H and O–H groups in total. The number of aliphatic hydroxyl groups excluding tert-OH is 1. The molecular weight excluding hydrogens is 296 g/mol. The smallest absolute Gasteiger partial charge is 0.256 e. The number of nitrogens with zero attached hydrogens (tertiary/aromatic N) is 1. The van der Waals surface area contributed by atoms with Gasteiger partial charge < -0.3 is 24.5 Å². The van der Waals surface area contributed by atoms with Gasteiger partial charge in [0.15, 0.2) is 0 Å². The van der Waals surface area contributed by atoms with Gasteiger partial charge in [0.1, 0.15) is 17.6 Å². The predicted octanol–water partition coefficient (Wildman–Crippen LogP) is 2.03. The van der Waals surface area contributed by atoms with Crippen molar-refractivity contribution in [1.82, 2.24) is 9.88 Å². The van der Waals surface area contributed by atoms with Crippen LogP contribution in [0.3, 0.4) is 0 Å². The minimum atomic E-state index is -0.813. The number of aryl methyl sites for hydroxylation is 1. The molecule has 0 unspecified atom stereocenters. The molecule has 0 saturated heterocycles. The van der Waals surface area contributed by atoms with E-state index in [0.29, 0.717) is 29.2 Å². The standard InChI is InChI=1S/C17H20N2O4/c1-10-11(6-7-18-10)17(21)19-8-12-14(22-2)4-5-15(23-3)16(12)13(20)9-19/h4-7,13,18,20H,8-9H2,1-3H3/t13-/m0/s1. The molecular formula is C17H20N2O4. The van der Waals surface area contributed by atoms with Crippen LogP contribution in [0.25, 0.3) is 0 Å². The maximum atomic E-state index is 12.7. The number of carbonyl (C=O) groups is 1. The monoisotopic (exact) mass is 316 g/mol. The van der Waals surface area contributed by atoms with Gasteiger partial charge in [-0.3, -0.25) is 4.79 Å². The second kappa shape index (κ2) is 5.96. The molecule has 0 aliphatic carbocycles. The van der Waals surface area contributed by atoms with Gasteiger partial charge in [-0.15, -0.1) is 0 Å². The van der Waals surface area contributed by atoms with Gasteiger partial charge >= 0.3 is 0 Å². The molecule has 0 fully saturated rings. The van der Waals surface area contributed by atoms with Crippen LogP contribution in [0.2, 0.25) is 0 Å². The Bertz CT molecular complexity index is 738. The third-order valence-corrected chi connectivity index (χ3v) is 4.26. The number of hydrogen-bond donors (Lipinski definition) is 2. The van der Waals surface area contributed by atoms with Crippen molar-refractivity contribution in [1.29, 1.82) is 0 Å². The molecule has 2 heterocycles. The lowest BCUT2D eigenvalue weighted by Gasteiger charge is -2.34. The molecule has 1 aromatic carbocycles. The number of nitrogens with one attached hydrogen (secondary N) is 1. The molecule has 1 aliphatic heterocycles. The van der Waals surface area contributed by atoms with Crippen LogP contribution in [-0.4, -0.2) is 41.7 Å². The summed E-state index contributed by atoms with van der Waals surface area (Å²) in [7, 11) is 3.14. The first-order chi connectivity index (χ1) is 11.1. The Hall–Kier alpha value is -2.47. The van der Waals surface area contributed by atoms with E-state index in [1.165, 1.54) is 0 Å². The Balaban J connectivity index is 2.00. The van der Waals surface area contributed by atoms with Crippen LogP contribution in [0.1, 0.15) is 33.3 Å². The van der Waals surface area contributed by atoms with Crippen LogP contribution >= 0.6 is 0 Å². The van der Waals surface area contributed by atoms with Gasteiger partial charge in [-0.1, -0.05) is 0 Å². The zero-order chi connectivity index (χ0) is 16.6. The molecule has 0 spiro atoms. The highest BCUT2D eigenvalue weighted by atomic mass is 16.5. The summed E-state index contributed by atoms with van der Waals surface area (Å²) in [4.78, 5) is 17.3. The molecule has 2 aromatic rings. The van der Waals surface area contributed by atoms with E-state index in [1.807, 2.05) is 6.92 Å². The van der Waals surface area contributed by atoms with Crippen LogP contribution in [0.4, 0.5) is 0 Å².